The van der Waals surface area contributed by atoms with Gasteiger partial charge in [-0.3, -0.25) is 4.79 Å². The van der Waals surface area contributed by atoms with Crippen molar-refractivity contribution in [2.75, 3.05) is 0 Å². The van der Waals surface area contributed by atoms with Crippen molar-refractivity contribution in [2.45, 2.75) is 31.6 Å². The summed E-state index contributed by atoms with van der Waals surface area (Å²) in [6, 6.07) is -1.14. The van der Waals surface area contributed by atoms with Crippen LogP contribution in [0.15, 0.2) is 4.58 Å². The van der Waals surface area contributed by atoms with E-state index in [-0.39, 0.29) is 0 Å². The maximum Gasteiger partial charge on any atom is 0.327 e. The first-order chi connectivity index (χ1) is 6.31. The molecule has 0 heterocycles. The molecule has 0 saturated heterocycles. The van der Waals surface area contributed by atoms with Crippen LogP contribution in [0.1, 0.15) is 20.8 Å². The predicted octanol–water partition coefficient (Wildman–Crippen LogP) is 0.769. The summed E-state index contributed by atoms with van der Waals surface area (Å²) >= 11 is 0.586. The zero-order valence-corrected chi connectivity index (χ0v) is 8.92. The minimum atomic E-state index is -1.19. The van der Waals surface area contributed by atoms with E-state index in [9.17, 15) is 14.5 Å². The number of amides is 1. The number of nitrogens with zero attached hydrogens (tertiary/aromatic N) is 1. The first kappa shape index (κ1) is 12.9. The van der Waals surface area contributed by atoms with Crippen molar-refractivity contribution in [3.05, 3.63) is 4.91 Å². The summed E-state index contributed by atoms with van der Waals surface area (Å²) in [4.78, 5) is 31.5. The first-order valence-corrected chi connectivity index (χ1v) is 4.59. The van der Waals surface area contributed by atoms with Gasteiger partial charge in [0.2, 0.25) is 5.91 Å². The molecule has 0 aliphatic rings. The number of nitroso groups, excluding NO2 is 1. The quantitative estimate of drug-likeness (QED) is 0.406. The number of rotatable bonds is 5. The van der Waals surface area contributed by atoms with Crippen LogP contribution in [0.3, 0.4) is 0 Å². The lowest BCUT2D eigenvalue weighted by molar-refractivity contribution is -0.142. The molecule has 0 aliphatic heterocycles. The molecule has 7 heteroatoms. The van der Waals surface area contributed by atoms with Gasteiger partial charge in [0.25, 0.3) is 0 Å². The van der Waals surface area contributed by atoms with Crippen molar-refractivity contribution in [3.63, 3.8) is 0 Å². The molecule has 0 radical (unpaired) electrons. The Morgan fingerprint density at radius 3 is 2.29 bits per heavy atom. The van der Waals surface area contributed by atoms with E-state index in [1.54, 1.807) is 0 Å². The summed E-state index contributed by atoms with van der Waals surface area (Å²) in [7, 11) is 0. The summed E-state index contributed by atoms with van der Waals surface area (Å²) < 4.78 is 1.60. The van der Waals surface area contributed by atoms with E-state index in [2.05, 4.69) is 9.90 Å². The fourth-order valence-corrected chi connectivity index (χ4v) is 1.34. The van der Waals surface area contributed by atoms with E-state index < -0.39 is 22.7 Å². The number of carbonyl (C=O) groups excluding carboxylic acids is 1. The molecular formula is C7H12N2O4S. The number of aliphatic carboxylic acids is 1. The van der Waals surface area contributed by atoms with Crippen LogP contribution in [0, 0.1) is 4.91 Å². The smallest absolute Gasteiger partial charge is 0.327 e. The second-order valence-electron chi connectivity index (χ2n) is 3.24. The van der Waals surface area contributed by atoms with Crippen molar-refractivity contribution < 1.29 is 14.7 Å². The van der Waals surface area contributed by atoms with Crippen molar-refractivity contribution in [3.8, 4) is 0 Å². The summed E-state index contributed by atoms with van der Waals surface area (Å²) in [5.74, 6) is -1.65. The van der Waals surface area contributed by atoms with Gasteiger partial charge in [-0.15, -0.1) is 4.91 Å². The molecule has 0 fully saturated rings. The molecule has 80 valence electrons. The Labute approximate surface area is 85.5 Å². The van der Waals surface area contributed by atoms with Gasteiger partial charge in [0.05, 0.1) is 4.75 Å². The van der Waals surface area contributed by atoms with Crippen LogP contribution in [-0.2, 0) is 9.59 Å². The molecular weight excluding hydrogens is 209 g/mol. The molecule has 0 bridgehead atoms. The predicted molar refractivity (Wildman–Crippen MR) is 52.7 cm³/mol. The number of hydrogen-bond acceptors (Lipinski definition) is 5. The molecule has 0 spiro atoms. The SMILES string of the molecule is CC(=O)NC(C(=O)O)C(C)(C)S[15N]=O. The van der Waals surface area contributed by atoms with Crippen LogP contribution in [0.2, 0.25) is 0 Å². The highest BCUT2D eigenvalue weighted by Crippen LogP contribution is 2.29. The van der Waals surface area contributed by atoms with Gasteiger partial charge in [-0.1, -0.05) is 0 Å². The highest BCUT2D eigenvalue weighted by Gasteiger charge is 2.37. The Morgan fingerprint density at radius 1 is 1.50 bits per heavy atom. The molecule has 0 rings (SSSR count). The average molecular weight is 221 g/mol. The van der Waals surface area contributed by atoms with Crippen molar-refractivity contribution in [1.82, 2.24) is 5.32 Å². The normalized spacial score (nSPS) is 13.1. The highest BCUT2D eigenvalue weighted by molar-refractivity contribution is 7.99. The van der Waals surface area contributed by atoms with Crippen LogP contribution in [0.25, 0.3) is 0 Å². The third kappa shape index (κ3) is 3.73. The van der Waals surface area contributed by atoms with E-state index in [1.165, 1.54) is 20.8 Å². The fourth-order valence-electron chi connectivity index (χ4n) is 0.885. The van der Waals surface area contributed by atoms with Crippen molar-refractivity contribution >= 4 is 23.8 Å². The van der Waals surface area contributed by atoms with Crippen LogP contribution in [0.5, 0.6) is 0 Å². The van der Waals surface area contributed by atoms with Gasteiger partial charge in [-0.2, -0.15) is 0 Å². The molecule has 0 aromatic rings. The topological polar surface area (TPSA) is 95.8 Å². The van der Waals surface area contributed by atoms with Crippen LogP contribution in [0.4, 0.5) is 0 Å². The number of carbonyl (C=O) groups is 2. The lowest BCUT2D eigenvalue weighted by atomic mass is 10.0. The molecule has 1 amide bonds. The lowest BCUT2D eigenvalue weighted by Crippen LogP contribution is -2.51. The molecule has 6 nitrogen and oxygen atoms in total. The fraction of sp³-hybridized carbons (Fsp3) is 0.714. The minimum absolute atomic E-state index is 0.461. The Balaban J connectivity index is 4.71. The first-order valence-electron chi connectivity index (χ1n) is 3.82. The van der Waals surface area contributed by atoms with Crippen LogP contribution >= 0.6 is 11.9 Å². The standard InChI is InChI=1S/C7H12N2O4S/c1-4(10)8-5(6(11)12)7(2,3)14-9-13/h5H,1-3H3,(H,8,10)(H,11,12)/i9+1. The molecule has 0 aliphatic carbocycles. The zero-order valence-electron chi connectivity index (χ0n) is 8.10. The largest absolute Gasteiger partial charge is 0.480 e. The molecule has 0 aromatic heterocycles. The van der Waals surface area contributed by atoms with Crippen molar-refractivity contribution in [2.24, 2.45) is 4.58 Å². The summed E-state index contributed by atoms with van der Waals surface area (Å²) in [6.45, 7) is 4.26. The minimum Gasteiger partial charge on any atom is -0.480 e. The second-order valence-corrected chi connectivity index (χ2v) is 4.62. The third-order valence-corrected chi connectivity index (χ3v) is 2.34. The van der Waals surface area contributed by atoms with E-state index in [0.717, 1.165) is 0 Å². The van der Waals surface area contributed by atoms with Gasteiger partial charge < -0.3 is 10.4 Å². The number of nitrogens with one attached hydrogen (secondary N) is 1. The number of hydrogen-bond donors (Lipinski definition) is 2. The molecule has 0 saturated carbocycles. The summed E-state index contributed by atoms with van der Waals surface area (Å²) in [5, 5.41) is 11.1. The zero-order chi connectivity index (χ0) is 11.4. The average Bonchev–Trinajstić information content (AvgIpc) is 1.99. The van der Waals surface area contributed by atoms with Gasteiger partial charge in [0.1, 0.15) is 6.04 Å². The second kappa shape index (κ2) is 4.94. The van der Waals surface area contributed by atoms with Gasteiger partial charge >= 0.3 is 5.97 Å². The van der Waals surface area contributed by atoms with Gasteiger partial charge in [-0.05, 0) is 13.8 Å². The number of carboxylic acid groups (broad SMARTS) is 1. The Kier molecular flexibility index (Phi) is 4.55. The number of carboxylic acids is 1. The van der Waals surface area contributed by atoms with E-state index >= 15 is 0 Å². The van der Waals surface area contributed by atoms with Crippen LogP contribution < -0.4 is 5.32 Å². The molecule has 1 atom stereocenters. The third-order valence-electron chi connectivity index (χ3n) is 1.56. The summed E-state index contributed by atoms with van der Waals surface area (Å²) in [5.41, 5.74) is 0. The monoisotopic (exact) mass is 221 g/mol. The van der Waals surface area contributed by atoms with Gasteiger partial charge in [-0.25, -0.2) is 4.79 Å². The van der Waals surface area contributed by atoms with E-state index in [1.807, 2.05) is 0 Å². The van der Waals surface area contributed by atoms with Gasteiger partial charge in [0.15, 0.2) is 0 Å². The molecule has 14 heavy (non-hydrogen) atoms. The molecule has 1 unspecified atom stereocenters. The molecule has 0 aromatic carbocycles. The molecule has 2 N–H and O–H groups in total. The maximum atomic E-state index is 10.8. The Bertz CT molecular complexity index is 254. The van der Waals surface area contributed by atoms with Crippen LogP contribution in [-0.4, -0.2) is 27.8 Å². The Morgan fingerprint density at radius 2 is 2.00 bits per heavy atom. The van der Waals surface area contributed by atoms with Gasteiger partial charge in [0, 0.05) is 23.5 Å². The van der Waals surface area contributed by atoms with Crippen molar-refractivity contribution in [1.29, 1.82) is 0 Å². The summed E-state index contributed by atoms with van der Waals surface area (Å²) in [6.07, 6.45) is 0. The van der Waals surface area contributed by atoms with E-state index in [0.29, 0.717) is 11.9 Å². The Hall–Kier alpha value is -1.11. The highest BCUT2D eigenvalue weighted by atomic mass is 32.2. The lowest BCUT2D eigenvalue weighted by Gasteiger charge is -2.27. The maximum absolute atomic E-state index is 10.8. The van der Waals surface area contributed by atoms with E-state index in [4.69, 9.17) is 5.11 Å².